The summed E-state index contributed by atoms with van der Waals surface area (Å²) in [6, 6.07) is 5.24. The number of hydrogen-bond donors (Lipinski definition) is 4. The second kappa shape index (κ2) is 17.8. The lowest BCUT2D eigenvalue weighted by molar-refractivity contribution is -0.144. The predicted molar refractivity (Wildman–Crippen MR) is 176 cm³/mol. The number of rotatable bonds is 16. The van der Waals surface area contributed by atoms with Crippen molar-refractivity contribution in [1.82, 2.24) is 25.8 Å². The molecule has 2 heterocycles. The van der Waals surface area contributed by atoms with E-state index in [0.717, 1.165) is 21.7 Å². The Labute approximate surface area is 275 Å². The van der Waals surface area contributed by atoms with E-state index in [1.54, 1.807) is 11.3 Å². The highest BCUT2D eigenvalue weighted by Gasteiger charge is 2.42. The Hall–Kier alpha value is -3.83. The van der Waals surface area contributed by atoms with Crippen LogP contribution in [0.2, 0.25) is 0 Å². The third kappa shape index (κ3) is 10.6. The van der Waals surface area contributed by atoms with Crippen molar-refractivity contribution >= 4 is 35.0 Å². The molecule has 13 heteroatoms. The zero-order valence-electron chi connectivity index (χ0n) is 27.1. The Balaban J connectivity index is 1.59. The van der Waals surface area contributed by atoms with Gasteiger partial charge in [0.2, 0.25) is 23.6 Å². The van der Waals surface area contributed by atoms with Crippen molar-refractivity contribution in [3.05, 3.63) is 41.0 Å². The number of terminal acetylenes is 1. The van der Waals surface area contributed by atoms with Gasteiger partial charge in [-0.2, -0.15) is 0 Å². The lowest BCUT2D eigenvalue weighted by atomic mass is 9.85. The van der Waals surface area contributed by atoms with Crippen LogP contribution in [-0.4, -0.2) is 91.2 Å². The number of benzene rings is 1. The van der Waals surface area contributed by atoms with Gasteiger partial charge in [0.05, 0.1) is 35.9 Å². The summed E-state index contributed by atoms with van der Waals surface area (Å²) in [5.74, 6) is 0.661. The molecule has 3 unspecified atom stereocenters. The largest absolute Gasteiger partial charge is 0.378 e. The smallest absolute Gasteiger partial charge is 0.246 e. The summed E-state index contributed by atoms with van der Waals surface area (Å²) in [7, 11) is 0. The molecule has 0 bridgehead atoms. The number of amides is 4. The second-order valence-electron chi connectivity index (χ2n) is 12.2. The van der Waals surface area contributed by atoms with Crippen LogP contribution >= 0.6 is 11.3 Å². The number of nitrogens with zero attached hydrogens (tertiary/aromatic N) is 2. The van der Waals surface area contributed by atoms with Gasteiger partial charge in [0, 0.05) is 26.1 Å². The number of aromatic nitrogens is 1. The summed E-state index contributed by atoms with van der Waals surface area (Å²) in [6.45, 7) is 9.11. The van der Waals surface area contributed by atoms with Gasteiger partial charge in [0.1, 0.15) is 24.7 Å². The molecule has 1 saturated heterocycles. The van der Waals surface area contributed by atoms with E-state index in [0.29, 0.717) is 39.1 Å². The van der Waals surface area contributed by atoms with Gasteiger partial charge >= 0.3 is 0 Å². The van der Waals surface area contributed by atoms with E-state index in [9.17, 15) is 19.2 Å². The predicted octanol–water partition coefficient (Wildman–Crippen LogP) is 1.76. The molecule has 1 fully saturated rings. The minimum absolute atomic E-state index is 0.0816. The molecule has 250 valence electrons. The zero-order chi connectivity index (χ0) is 33.7. The molecule has 0 aliphatic carbocycles. The Kier molecular flexibility index (Phi) is 14.1. The maximum absolute atomic E-state index is 13.9. The molecule has 1 aliphatic heterocycles. The first kappa shape index (κ1) is 36.6. The zero-order valence-corrected chi connectivity index (χ0v) is 27.9. The molecule has 5 N–H and O–H groups in total. The maximum atomic E-state index is 13.9. The van der Waals surface area contributed by atoms with Crippen molar-refractivity contribution in [2.75, 3.05) is 39.5 Å². The average Bonchev–Trinajstić information content (AvgIpc) is 3.69. The second-order valence-corrected chi connectivity index (χ2v) is 13.0. The van der Waals surface area contributed by atoms with Gasteiger partial charge in [-0.05, 0) is 36.3 Å². The number of likely N-dealkylation sites (tertiary alicyclic amines) is 1. The first-order valence-corrected chi connectivity index (χ1v) is 16.3. The van der Waals surface area contributed by atoms with Crippen LogP contribution in [-0.2, 0) is 35.2 Å². The summed E-state index contributed by atoms with van der Waals surface area (Å²) in [5, 5.41) is 8.36. The van der Waals surface area contributed by atoms with Crippen LogP contribution in [0.4, 0.5) is 0 Å². The topological polar surface area (TPSA) is 165 Å². The van der Waals surface area contributed by atoms with Crippen molar-refractivity contribution in [3.8, 4) is 22.8 Å². The van der Waals surface area contributed by atoms with Gasteiger partial charge in [0.15, 0.2) is 0 Å². The fourth-order valence-electron chi connectivity index (χ4n) is 5.05. The molecule has 0 spiro atoms. The average molecular weight is 655 g/mol. The molecule has 3 rings (SSSR count). The van der Waals surface area contributed by atoms with E-state index in [-0.39, 0.29) is 38.1 Å². The highest BCUT2D eigenvalue weighted by Crippen LogP contribution is 2.28. The lowest BCUT2D eigenvalue weighted by Crippen LogP contribution is -2.60. The monoisotopic (exact) mass is 654 g/mol. The van der Waals surface area contributed by atoms with E-state index < -0.39 is 35.4 Å². The number of nitrogens with two attached hydrogens (primary N) is 1. The highest BCUT2D eigenvalue weighted by atomic mass is 32.1. The van der Waals surface area contributed by atoms with Gasteiger partial charge in [-0.3, -0.25) is 19.2 Å². The number of carbonyl (C=O) groups is 4. The van der Waals surface area contributed by atoms with Crippen molar-refractivity contribution in [2.45, 2.75) is 71.6 Å². The third-order valence-electron chi connectivity index (χ3n) is 7.51. The third-order valence-corrected chi connectivity index (χ3v) is 8.49. The molecular weight excluding hydrogens is 608 g/mol. The summed E-state index contributed by atoms with van der Waals surface area (Å²) >= 11 is 1.58. The van der Waals surface area contributed by atoms with Crippen molar-refractivity contribution in [1.29, 1.82) is 0 Å². The number of hydrogen-bond acceptors (Lipinski definition) is 9. The molecule has 46 heavy (non-hydrogen) atoms. The number of ether oxygens (including phenoxy) is 2. The van der Waals surface area contributed by atoms with Crippen molar-refractivity contribution in [3.63, 3.8) is 0 Å². The Morgan fingerprint density at radius 1 is 1.13 bits per heavy atom. The van der Waals surface area contributed by atoms with E-state index in [1.165, 1.54) is 4.90 Å². The molecular formula is C33H46N6O6S. The van der Waals surface area contributed by atoms with Crippen LogP contribution in [0.15, 0.2) is 29.8 Å². The van der Waals surface area contributed by atoms with Gasteiger partial charge in [-0.15, -0.1) is 23.7 Å². The summed E-state index contributed by atoms with van der Waals surface area (Å²) in [5.41, 5.74) is 9.45. The summed E-state index contributed by atoms with van der Waals surface area (Å²) in [6.07, 6.45) is 6.57. The number of aryl methyl sites for hydroxylation is 1. The summed E-state index contributed by atoms with van der Waals surface area (Å²) in [4.78, 5) is 59.9. The Bertz CT molecular complexity index is 1370. The highest BCUT2D eigenvalue weighted by molar-refractivity contribution is 7.13. The molecule has 1 aromatic heterocycles. The molecule has 4 amide bonds. The van der Waals surface area contributed by atoms with Crippen molar-refractivity contribution < 1.29 is 28.7 Å². The normalized spacial score (nSPS) is 15.9. The van der Waals surface area contributed by atoms with Crippen LogP contribution in [0.1, 0.15) is 51.3 Å². The van der Waals surface area contributed by atoms with Crippen LogP contribution in [0.5, 0.6) is 0 Å². The molecule has 1 aliphatic rings. The van der Waals surface area contributed by atoms with E-state index in [2.05, 4.69) is 26.9 Å². The van der Waals surface area contributed by atoms with Gasteiger partial charge < -0.3 is 36.1 Å². The molecule has 12 nitrogen and oxygen atoms in total. The fourth-order valence-corrected chi connectivity index (χ4v) is 5.86. The minimum atomic E-state index is -1.07. The van der Waals surface area contributed by atoms with Crippen LogP contribution in [0.25, 0.3) is 10.4 Å². The number of thiazole rings is 1. The molecule has 1 aromatic carbocycles. The number of carbonyl (C=O) groups excluding carboxylic acids is 4. The number of nitrogens with one attached hydrogen (secondary N) is 3. The Morgan fingerprint density at radius 3 is 2.48 bits per heavy atom. The van der Waals surface area contributed by atoms with E-state index in [1.807, 2.05) is 57.5 Å². The minimum Gasteiger partial charge on any atom is -0.378 e. The Morgan fingerprint density at radius 2 is 1.85 bits per heavy atom. The first-order chi connectivity index (χ1) is 22.0. The molecule has 0 saturated carbocycles. The van der Waals surface area contributed by atoms with Gasteiger partial charge in [0.25, 0.3) is 0 Å². The quantitative estimate of drug-likeness (QED) is 0.157. The first-order valence-electron chi connectivity index (χ1n) is 15.4. The van der Waals surface area contributed by atoms with Crippen LogP contribution in [0.3, 0.4) is 0 Å². The molecule has 2 aromatic rings. The fraction of sp³-hybridized carbons (Fsp3) is 0.545. The van der Waals surface area contributed by atoms with Crippen molar-refractivity contribution in [2.24, 2.45) is 11.1 Å². The molecule has 0 radical (unpaired) electrons. The van der Waals surface area contributed by atoms with Gasteiger partial charge in [-0.1, -0.05) is 45.0 Å². The maximum Gasteiger partial charge on any atom is 0.246 e. The van der Waals surface area contributed by atoms with E-state index in [4.69, 9.17) is 21.6 Å². The van der Waals surface area contributed by atoms with Gasteiger partial charge in [-0.25, -0.2) is 4.98 Å². The molecule has 3 atom stereocenters. The van der Waals surface area contributed by atoms with E-state index >= 15 is 0 Å². The SMILES string of the molecule is C#CCC(NC(=O)COCCOCCN)C(=O)NC(C(=O)N1CCCC1C(=O)NCc1ccc(-c2scnc2C)cc1)C(C)(C)C. The standard InChI is InChI=1S/C33H46N6O6S/c1-6-8-25(37-27(40)20-45-18-17-44-16-14-34)30(41)38-29(33(3,4)5)32(43)39-15-7-9-26(39)31(42)35-19-23-10-12-24(13-11-23)28-22(2)36-21-46-28/h1,10-13,21,25-26,29H,7-9,14-20,34H2,2-5H3,(H,35,42)(H,37,40)(H,38,41). The lowest BCUT2D eigenvalue weighted by Gasteiger charge is -2.36. The summed E-state index contributed by atoms with van der Waals surface area (Å²) < 4.78 is 10.5. The van der Waals surface area contributed by atoms with Crippen LogP contribution < -0.4 is 21.7 Å². The van der Waals surface area contributed by atoms with Crippen LogP contribution in [0, 0.1) is 24.7 Å².